The third-order valence-corrected chi connectivity index (χ3v) is 0.800. The average molecular weight is 173 g/mol. The third-order valence-electron chi connectivity index (χ3n) is 0.800. The van der Waals surface area contributed by atoms with E-state index in [0.717, 1.165) is 0 Å². The Labute approximate surface area is 70.3 Å². The largest absolute Gasteiger partial charge is 0.339 e. The fourth-order valence-electron chi connectivity index (χ4n) is 0.423. The molecule has 0 bridgehead atoms. The van der Waals surface area contributed by atoms with E-state index in [2.05, 4.69) is 15.1 Å². The van der Waals surface area contributed by atoms with Gasteiger partial charge < -0.3 is 5.32 Å². The van der Waals surface area contributed by atoms with E-state index in [9.17, 15) is 9.59 Å². The van der Waals surface area contributed by atoms with Crippen LogP contribution in [0.1, 0.15) is 13.8 Å². The van der Waals surface area contributed by atoms with Crippen molar-refractivity contribution in [1.82, 2.24) is 5.32 Å². The van der Waals surface area contributed by atoms with Gasteiger partial charge in [-0.05, 0) is 13.0 Å². The van der Waals surface area contributed by atoms with Gasteiger partial charge >= 0.3 is 5.97 Å². The van der Waals surface area contributed by atoms with Crippen LogP contribution in [-0.4, -0.2) is 18.6 Å². The van der Waals surface area contributed by atoms with Gasteiger partial charge in [-0.15, -0.1) is 0 Å². The molecular weight excluding hydrogens is 162 g/mol. The van der Waals surface area contributed by atoms with Crippen LogP contribution in [0.3, 0.4) is 0 Å². The quantitative estimate of drug-likeness (QED) is 0.216. The Bertz CT molecular complexity index is 188. The zero-order chi connectivity index (χ0) is 9.40. The van der Waals surface area contributed by atoms with Crippen molar-refractivity contribution in [1.29, 1.82) is 0 Å². The number of carbonyl (C=O) groups is 2. The van der Waals surface area contributed by atoms with Gasteiger partial charge in [-0.1, -0.05) is 6.08 Å². The van der Waals surface area contributed by atoms with Crippen LogP contribution in [-0.2, 0) is 19.4 Å². The topological polar surface area (TPSA) is 64.6 Å². The molecule has 0 heterocycles. The lowest BCUT2D eigenvalue weighted by Gasteiger charge is -2.00. The number of amides is 1. The minimum atomic E-state index is -0.560. The summed E-state index contributed by atoms with van der Waals surface area (Å²) in [4.78, 5) is 29.2. The van der Waals surface area contributed by atoms with Gasteiger partial charge in [0.1, 0.15) is 0 Å². The molecule has 5 heteroatoms. The van der Waals surface area contributed by atoms with Crippen molar-refractivity contribution < 1.29 is 19.4 Å². The zero-order valence-electron chi connectivity index (χ0n) is 6.99. The van der Waals surface area contributed by atoms with E-state index >= 15 is 0 Å². The summed E-state index contributed by atoms with van der Waals surface area (Å²) >= 11 is 0. The lowest BCUT2D eigenvalue weighted by atomic mass is 10.5. The van der Waals surface area contributed by atoms with Crippen LogP contribution in [0.4, 0.5) is 0 Å². The first kappa shape index (κ1) is 10.6. The molecule has 1 amide bonds. The monoisotopic (exact) mass is 173 g/mol. The Morgan fingerprint density at radius 3 is 2.67 bits per heavy atom. The van der Waals surface area contributed by atoms with E-state index in [-0.39, 0.29) is 12.6 Å². The fourth-order valence-corrected chi connectivity index (χ4v) is 0.423. The molecule has 0 aliphatic carbocycles. The lowest BCUT2D eigenvalue weighted by Crippen LogP contribution is -2.24. The molecule has 0 rings (SSSR count). The fraction of sp³-hybridized carbons (Fsp3) is 0.429. The molecule has 0 aromatic rings. The van der Waals surface area contributed by atoms with Gasteiger partial charge in [0, 0.05) is 6.92 Å². The molecule has 0 aromatic heterocycles. The minimum absolute atomic E-state index is 0.150. The van der Waals surface area contributed by atoms with Gasteiger partial charge in [-0.2, -0.15) is 4.89 Å². The van der Waals surface area contributed by atoms with Crippen LogP contribution < -0.4 is 5.32 Å². The molecule has 1 N–H and O–H groups in total. The second-order valence-corrected chi connectivity index (χ2v) is 1.88. The summed E-state index contributed by atoms with van der Waals surface area (Å²) in [6.45, 7) is 2.77. The third kappa shape index (κ3) is 6.76. The number of rotatable bonds is 4. The summed E-state index contributed by atoms with van der Waals surface area (Å²) in [7, 11) is 0. The number of hydrogen-bond donors (Lipinski definition) is 1. The first-order chi connectivity index (χ1) is 5.66. The predicted molar refractivity (Wildman–Crippen MR) is 40.7 cm³/mol. The van der Waals surface area contributed by atoms with Gasteiger partial charge in [0.25, 0.3) is 0 Å². The Balaban J connectivity index is 3.31. The maximum atomic E-state index is 10.7. The highest BCUT2D eigenvalue weighted by Gasteiger charge is 1.95. The summed E-state index contributed by atoms with van der Waals surface area (Å²) in [5.41, 5.74) is 0. The van der Waals surface area contributed by atoms with Crippen LogP contribution in [0, 0.1) is 0 Å². The lowest BCUT2D eigenvalue weighted by molar-refractivity contribution is -0.272. The van der Waals surface area contributed by atoms with Gasteiger partial charge in [-0.3, -0.25) is 9.68 Å². The SMILES string of the molecule is CC=CC(=O)NCOOC(C)=O. The van der Waals surface area contributed by atoms with Crippen molar-refractivity contribution in [3.05, 3.63) is 12.2 Å². The molecule has 0 saturated heterocycles. The van der Waals surface area contributed by atoms with E-state index < -0.39 is 5.97 Å². The van der Waals surface area contributed by atoms with E-state index in [1.807, 2.05) is 0 Å². The normalized spacial score (nSPS) is 9.83. The van der Waals surface area contributed by atoms with Crippen LogP contribution >= 0.6 is 0 Å². The molecule has 0 fully saturated rings. The predicted octanol–water partition coefficient (Wildman–Crippen LogP) is 0.131. The molecule has 5 nitrogen and oxygen atoms in total. The standard InChI is InChI=1S/C7H11NO4/c1-3-4-7(10)8-5-11-12-6(2)9/h3-4H,5H2,1-2H3,(H,8,10). The number of hydrogen-bond acceptors (Lipinski definition) is 4. The minimum Gasteiger partial charge on any atom is -0.326 e. The Morgan fingerprint density at radius 1 is 1.50 bits per heavy atom. The second kappa shape index (κ2) is 6.36. The highest BCUT2D eigenvalue weighted by Crippen LogP contribution is 1.77. The first-order valence-electron chi connectivity index (χ1n) is 3.37. The van der Waals surface area contributed by atoms with Crippen LogP contribution in [0.25, 0.3) is 0 Å². The highest BCUT2D eigenvalue weighted by molar-refractivity contribution is 5.87. The van der Waals surface area contributed by atoms with Crippen molar-refractivity contribution in [3.63, 3.8) is 0 Å². The molecule has 0 aliphatic heterocycles. The van der Waals surface area contributed by atoms with Crippen molar-refractivity contribution in [2.75, 3.05) is 6.73 Å². The Morgan fingerprint density at radius 2 is 2.17 bits per heavy atom. The smallest absolute Gasteiger partial charge is 0.326 e. The molecule has 0 radical (unpaired) electrons. The van der Waals surface area contributed by atoms with Crippen molar-refractivity contribution in [3.8, 4) is 0 Å². The first-order valence-corrected chi connectivity index (χ1v) is 3.37. The molecule has 0 aliphatic rings. The summed E-state index contributed by atoms with van der Waals surface area (Å²) in [5.74, 6) is -0.861. The molecule has 0 aromatic carbocycles. The van der Waals surface area contributed by atoms with E-state index in [1.165, 1.54) is 13.0 Å². The van der Waals surface area contributed by atoms with E-state index in [1.54, 1.807) is 13.0 Å². The summed E-state index contributed by atoms with van der Waals surface area (Å²) < 4.78 is 0. The maximum Gasteiger partial charge on any atom is 0.339 e. The van der Waals surface area contributed by atoms with Crippen LogP contribution in [0.2, 0.25) is 0 Å². The highest BCUT2D eigenvalue weighted by atomic mass is 17.2. The summed E-state index contributed by atoms with van der Waals surface area (Å²) in [6, 6.07) is 0. The molecule has 0 atom stereocenters. The molecule has 12 heavy (non-hydrogen) atoms. The average Bonchev–Trinajstić information content (AvgIpc) is 1.98. The second-order valence-electron chi connectivity index (χ2n) is 1.88. The van der Waals surface area contributed by atoms with Gasteiger partial charge in [0.2, 0.25) is 5.91 Å². The maximum absolute atomic E-state index is 10.7. The number of allylic oxidation sites excluding steroid dienone is 1. The molecule has 68 valence electrons. The van der Waals surface area contributed by atoms with Crippen LogP contribution in [0.5, 0.6) is 0 Å². The van der Waals surface area contributed by atoms with E-state index in [4.69, 9.17) is 0 Å². The van der Waals surface area contributed by atoms with Crippen molar-refractivity contribution in [2.45, 2.75) is 13.8 Å². The molecular formula is C7H11NO4. The molecule has 0 saturated carbocycles. The van der Waals surface area contributed by atoms with E-state index in [0.29, 0.717) is 0 Å². The van der Waals surface area contributed by atoms with Gasteiger partial charge in [0.05, 0.1) is 0 Å². The number of nitrogens with one attached hydrogen (secondary N) is 1. The Kier molecular flexibility index (Phi) is 5.64. The van der Waals surface area contributed by atoms with Crippen LogP contribution in [0.15, 0.2) is 12.2 Å². The molecule has 0 spiro atoms. The zero-order valence-corrected chi connectivity index (χ0v) is 6.99. The summed E-state index contributed by atoms with van der Waals surface area (Å²) in [6.07, 6.45) is 2.91. The van der Waals surface area contributed by atoms with Gasteiger partial charge in [-0.25, -0.2) is 4.79 Å². The Hall–Kier alpha value is -1.36. The van der Waals surface area contributed by atoms with Crippen molar-refractivity contribution >= 4 is 11.9 Å². The van der Waals surface area contributed by atoms with Gasteiger partial charge in [0.15, 0.2) is 6.73 Å². The summed E-state index contributed by atoms with van der Waals surface area (Å²) in [5, 5.41) is 2.31. The number of carbonyl (C=O) groups excluding carboxylic acids is 2. The van der Waals surface area contributed by atoms with Crippen molar-refractivity contribution in [2.24, 2.45) is 0 Å². The molecule has 0 unspecified atom stereocenters.